The Kier molecular flexibility index (Phi) is 9.06. The van der Waals surface area contributed by atoms with Gasteiger partial charge in [0.2, 0.25) is 17.5 Å². The third kappa shape index (κ3) is 5.15. The van der Waals surface area contributed by atoms with E-state index in [4.69, 9.17) is 14.2 Å². The monoisotopic (exact) mass is 632 g/mol. The largest absolute Gasteiger partial charge is 0.465 e. The van der Waals surface area contributed by atoms with Crippen molar-refractivity contribution in [3.8, 4) is 5.75 Å². The first-order valence-corrected chi connectivity index (χ1v) is 12.5. The number of halogens is 9. The summed E-state index contributed by atoms with van der Waals surface area (Å²) < 4.78 is 147. The normalized spacial score (nSPS) is 18.2. The molecule has 0 spiro atoms. The number of hydrogen-bond donors (Lipinski definition) is 0. The van der Waals surface area contributed by atoms with Gasteiger partial charge in [0.1, 0.15) is 11.5 Å². The lowest BCUT2D eigenvalue weighted by atomic mass is 9.74. The molecule has 1 aliphatic heterocycles. The molecule has 0 bridgehead atoms. The van der Waals surface area contributed by atoms with E-state index in [9.17, 15) is 36.3 Å². The van der Waals surface area contributed by atoms with Crippen molar-refractivity contribution in [3.05, 3.63) is 105 Å². The zero-order chi connectivity index (χ0) is 32.6. The SMILES string of the molecule is CCOC(=O)/C1=C(\c2c(F)c(F)c(F)c(F)c2F)Oc2c(F)c(F)c(F)c(F)c2C(=O)C(C(=O)OCC)C1c1ccccc1. The Balaban J connectivity index is 2.34. The van der Waals surface area contributed by atoms with Gasteiger partial charge in [-0.1, -0.05) is 30.3 Å². The third-order valence-corrected chi connectivity index (χ3v) is 6.48. The summed E-state index contributed by atoms with van der Waals surface area (Å²) in [6, 6.07) is 6.19. The van der Waals surface area contributed by atoms with E-state index in [1.54, 1.807) is 0 Å². The maximum Gasteiger partial charge on any atom is 0.338 e. The van der Waals surface area contributed by atoms with Crippen LogP contribution in [0, 0.1) is 58.3 Å². The minimum atomic E-state index is -2.67. The maximum atomic E-state index is 15.3. The quantitative estimate of drug-likeness (QED) is 0.102. The zero-order valence-electron chi connectivity index (χ0n) is 22.3. The molecular weight excluding hydrogens is 615 g/mol. The molecule has 1 heterocycles. The standard InChI is InChI=1S/C29H17F9O6/c1-3-42-28(40)12-11(10-8-6-5-7-9-10)13(29(41)43-4-2)26(14-16(30)19(33)22(36)20(34)17(14)31)44-27-15(25(12)39)18(32)21(35)23(37)24(27)38/h5-9,11-12H,3-4H2,1-2H3/b26-13+. The Morgan fingerprint density at radius 2 is 1.16 bits per heavy atom. The van der Waals surface area contributed by atoms with Gasteiger partial charge >= 0.3 is 11.9 Å². The highest BCUT2D eigenvalue weighted by atomic mass is 19.2. The molecule has 0 aromatic heterocycles. The van der Waals surface area contributed by atoms with E-state index in [1.807, 2.05) is 0 Å². The summed E-state index contributed by atoms with van der Waals surface area (Å²) in [5.41, 5.74) is -5.50. The summed E-state index contributed by atoms with van der Waals surface area (Å²) >= 11 is 0. The van der Waals surface area contributed by atoms with Gasteiger partial charge in [0.15, 0.2) is 52.2 Å². The molecule has 3 aromatic carbocycles. The second-order valence-electron chi connectivity index (χ2n) is 8.95. The van der Waals surface area contributed by atoms with Gasteiger partial charge in [0, 0.05) is 5.92 Å². The molecule has 3 aromatic rings. The fraction of sp³-hybridized carbons (Fsp3) is 0.207. The van der Waals surface area contributed by atoms with Gasteiger partial charge in [0.05, 0.1) is 24.4 Å². The van der Waals surface area contributed by atoms with E-state index in [0.29, 0.717) is 0 Å². The number of esters is 2. The van der Waals surface area contributed by atoms with E-state index < -0.39 is 123 Å². The molecule has 0 N–H and O–H groups in total. The van der Waals surface area contributed by atoms with E-state index in [2.05, 4.69) is 0 Å². The van der Waals surface area contributed by atoms with Crippen LogP contribution in [0.4, 0.5) is 39.5 Å². The Labute approximate surface area is 241 Å². The van der Waals surface area contributed by atoms with Gasteiger partial charge in [-0.05, 0) is 19.4 Å². The van der Waals surface area contributed by atoms with Crippen LogP contribution < -0.4 is 4.74 Å². The third-order valence-electron chi connectivity index (χ3n) is 6.48. The first kappa shape index (κ1) is 32.1. The molecule has 44 heavy (non-hydrogen) atoms. The number of carbonyl (C=O) groups is 3. The van der Waals surface area contributed by atoms with Gasteiger partial charge in [-0.25, -0.2) is 39.9 Å². The Morgan fingerprint density at radius 3 is 1.68 bits per heavy atom. The highest BCUT2D eigenvalue weighted by Gasteiger charge is 2.49. The van der Waals surface area contributed by atoms with Crippen LogP contribution in [-0.4, -0.2) is 30.9 Å². The van der Waals surface area contributed by atoms with Gasteiger partial charge < -0.3 is 14.2 Å². The number of rotatable bonds is 6. The number of fused-ring (bicyclic) bond motifs is 1. The van der Waals surface area contributed by atoms with Gasteiger partial charge in [0.25, 0.3) is 0 Å². The molecule has 15 heteroatoms. The minimum Gasteiger partial charge on any atom is -0.465 e. The predicted molar refractivity (Wildman–Crippen MR) is 130 cm³/mol. The Morgan fingerprint density at radius 1 is 0.682 bits per heavy atom. The molecule has 0 fully saturated rings. The number of ether oxygens (including phenoxy) is 3. The molecule has 0 aliphatic carbocycles. The van der Waals surface area contributed by atoms with Gasteiger partial charge in [-0.15, -0.1) is 0 Å². The van der Waals surface area contributed by atoms with E-state index in [1.165, 1.54) is 32.0 Å². The van der Waals surface area contributed by atoms with Crippen LogP contribution in [-0.2, 0) is 19.1 Å². The van der Waals surface area contributed by atoms with E-state index in [0.717, 1.165) is 12.1 Å². The molecule has 2 atom stereocenters. The average Bonchev–Trinajstić information content (AvgIpc) is 3.00. The molecule has 0 radical (unpaired) electrons. The molecule has 4 rings (SSSR count). The smallest absolute Gasteiger partial charge is 0.338 e. The Hall–Kier alpha value is -4.82. The van der Waals surface area contributed by atoms with Crippen molar-refractivity contribution >= 4 is 23.5 Å². The lowest BCUT2D eigenvalue weighted by Crippen LogP contribution is -2.38. The molecule has 0 saturated carbocycles. The number of benzene rings is 3. The van der Waals surface area contributed by atoms with Crippen molar-refractivity contribution in [1.82, 2.24) is 0 Å². The van der Waals surface area contributed by atoms with Crippen LogP contribution in [0.25, 0.3) is 5.76 Å². The summed E-state index contributed by atoms with van der Waals surface area (Å²) in [4.78, 5) is 40.6. The molecule has 1 aliphatic rings. The van der Waals surface area contributed by atoms with Crippen molar-refractivity contribution in [2.24, 2.45) is 5.92 Å². The van der Waals surface area contributed by atoms with Crippen LogP contribution in [0.15, 0.2) is 35.9 Å². The molecule has 0 saturated heterocycles. The van der Waals surface area contributed by atoms with Crippen LogP contribution in [0.3, 0.4) is 0 Å². The first-order valence-electron chi connectivity index (χ1n) is 12.5. The maximum absolute atomic E-state index is 15.3. The fourth-order valence-electron chi connectivity index (χ4n) is 4.61. The summed E-state index contributed by atoms with van der Waals surface area (Å²) in [6.45, 7) is 1.45. The summed E-state index contributed by atoms with van der Waals surface area (Å²) in [5.74, 6) is -37.1. The summed E-state index contributed by atoms with van der Waals surface area (Å²) in [7, 11) is 0. The topological polar surface area (TPSA) is 78.9 Å². The zero-order valence-corrected chi connectivity index (χ0v) is 22.3. The second kappa shape index (κ2) is 12.4. The first-order chi connectivity index (χ1) is 20.8. The molecule has 6 nitrogen and oxygen atoms in total. The van der Waals surface area contributed by atoms with Crippen molar-refractivity contribution in [3.63, 3.8) is 0 Å². The number of carbonyl (C=O) groups excluding carboxylic acids is 3. The van der Waals surface area contributed by atoms with E-state index in [-0.39, 0.29) is 5.56 Å². The van der Waals surface area contributed by atoms with Crippen molar-refractivity contribution in [2.45, 2.75) is 19.8 Å². The van der Waals surface area contributed by atoms with Crippen molar-refractivity contribution in [2.75, 3.05) is 13.2 Å². The van der Waals surface area contributed by atoms with Crippen LogP contribution >= 0.6 is 0 Å². The number of hydrogen-bond acceptors (Lipinski definition) is 6. The van der Waals surface area contributed by atoms with Gasteiger partial charge in [-0.3, -0.25) is 9.59 Å². The number of Topliss-reactive ketones (excluding diaryl/α,β-unsaturated/α-hetero) is 1. The average molecular weight is 632 g/mol. The number of ketones is 1. The van der Waals surface area contributed by atoms with E-state index >= 15 is 17.6 Å². The summed E-state index contributed by atoms with van der Waals surface area (Å²) in [6.07, 6.45) is 0. The minimum absolute atomic E-state index is 0.279. The highest BCUT2D eigenvalue weighted by Crippen LogP contribution is 2.47. The lowest BCUT2D eigenvalue weighted by Gasteiger charge is -2.31. The summed E-state index contributed by atoms with van der Waals surface area (Å²) in [5, 5.41) is 0. The molecule has 232 valence electrons. The molecule has 2 unspecified atom stereocenters. The Bertz CT molecular complexity index is 1690. The molecule has 0 amide bonds. The fourth-order valence-corrected chi connectivity index (χ4v) is 4.61. The van der Waals surface area contributed by atoms with Crippen LogP contribution in [0.1, 0.15) is 41.3 Å². The highest BCUT2D eigenvalue weighted by molar-refractivity contribution is 6.14. The van der Waals surface area contributed by atoms with Gasteiger partial charge in [-0.2, -0.15) is 4.39 Å². The molecular formula is C29H17F9O6. The van der Waals surface area contributed by atoms with Crippen LogP contribution in [0.5, 0.6) is 5.75 Å². The lowest BCUT2D eigenvalue weighted by molar-refractivity contribution is -0.146. The van der Waals surface area contributed by atoms with Crippen molar-refractivity contribution in [1.29, 1.82) is 0 Å². The van der Waals surface area contributed by atoms with Crippen molar-refractivity contribution < 1.29 is 68.1 Å². The predicted octanol–water partition coefficient (Wildman–Crippen LogP) is 6.45. The second-order valence-corrected chi connectivity index (χ2v) is 8.95. The van der Waals surface area contributed by atoms with Crippen LogP contribution in [0.2, 0.25) is 0 Å².